The zero-order valence-corrected chi connectivity index (χ0v) is 15.5. The van der Waals surface area contributed by atoms with Crippen LogP contribution in [0.2, 0.25) is 0 Å². The lowest BCUT2D eigenvalue weighted by molar-refractivity contribution is 0.0708. The van der Waals surface area contributed by atoms with E-state index in [1.807, 2.05) is 46.7 Å². The molecule has 0 radical (unpaired) electrons. The summed E-state index contributed by atoms with van der Waals surface area (Å²) in [4.78, 5) is 15.4. The first-order chi connectivity index (χ1) is 13.2. The van der Waals surface area contributed by atoms with Gasteiger partial charge in [-0.25, -0.2) is 4.79 Å². The number of hydrogen-bond acceptors (Lipinski definition) is 5. The number of urea groups is 1. The number of aliphatic hydroxyl groups excluding tert-OH is 1. The Kier molecular flexibility index (Phi) is 5.17. The van der Waals surface area contributed by atoms with Gasteiger partial charge in [0.05, 0.1) is 11.8 Å². The van der Waals surface area contributed by atoms with E-state index in [4.69, 9.17) is 0 Å². The number of aliphatic hydroxyl groups is 1. The minimum Gasteiger partial charge on any atom is -0.387 e. The topological polar surface area (TPSA) is 83.3 Å². The number of rotatable bonds is 4. The van der Waals surface area contributed by atoms with E-state index < -0.39 is 6.10 Å². The Morgan fingerprint density at radius 2 is 1.96 bits per heavy atom. The van der Waals surface area contributed by atoms with Crippen LogP contribution in [0, 0.1) is 5.92 Å². The highest BCUT2D eigenvalue weighted by atomic mass is 32.1. The molecule has 0 unspecified atom stereocenters. The van der Waals surface area contributed by atoms with Crippen LogP contribution >= 0.6 is 11.3 Å². The normalized spacial score (nSPS) is 16.3. The van der Waals surface area contributed by atoms with Gasteiger partial charge in [-0.1, -0.05) is 12.1 Å². The maximum absolute atomic E-state index is 12.6. The number of nitrogens with zero attached hydrogens (tertiary/aromatic N) is 4. The fraction of sp³-hybridized carbons (Fsp3) is 0.316. The molecule has 2 N–H and O–H groups in total. The molecule has 1 aromatic carbocycles. The minimum absolute atomic E-state index is 0.111. The van der Waals surface area contributed by atoms with E-state index in [-0.39, 0.29) is 11.9 Å². The zero-order valence-electron chi connectivity index (χ0n) is 14.7. The quantitative estimate of drug-likeness (QED) is 0.724. The van der Waals surface area contributed by atoms with Gasteiger partial charge in [-0.3, -0.25) is 4.57 Å². The maximum atomic E-state index is 12.6. The zero-order chi connectivity index (χ0) is 18.6. The fourth-order valence-electron chi connectivity index (χ4n) is 3.39. The second-order valence-electron chi connectivity index (χ2n) is 6.63. The summed E-state index contributed by atoms with van der Waals surface area (Å²) >= 11 is 1.58. The summed E-state index contributed by atoms with van der Waals surface area (Å²) < 4.78 is 1.78. The third kappa shape index (κ3) is 4.01. The molecule has 8 heteroatoms. The average Bonchev–Trinajstić information content (AvgIpc) is 3.42. The molecule has 0 saturated carbocycles. The van der Waals surface area contributed by atoms with E-state index in [1.165, 1.54) is 0 Å². The van der Waals surface area contributed by atoms with Crippen molar-refractivity contribution in [2.75, 3.05) is 18.4 Å². The molecule has 1 aliphatic heterocycles. The molecule has 3 aromatic rings. The van der Waals surface area contributed by atoms with Crippen LogP contribution in [0.3, 0.4) is 0 Å². The molecule has 7 nitrogen and oxygen atoms in total. The number of nitrogens with one attached hydrogen (secondary N) is 1. The molecule has 27 heavy (non-hydrogen) atoms. The lowest BCUT2D eigenvalue weighted by atomic mass is 9.90. The summed E-state index contributed by atoms with van der Waals surface area (Å²) in [6, 6.07) is 11.4. The highest BCUT2D eigenvalue weighted by Crippen LogP contribution is 2.33. The first-order valence-electron chi connectivity index (χ1n) is 8.93. The number of carbonyl (C=O) groups is 1. The molecule has 2 amide bonds. The molecule has 2 aromatic heterocycles. The maximum Gasteiger partial charge on any atom is 0.321 e. The number of thiophene rings is 1. The van der Waals surface area contributed by atoms with E-state index in [0.717, 1.165) is 29.1 Å². The third-order valence-electron chi connectivity index (χ3n) is 4.92. The standard InChI is InChI=1S/C19H21N5O2S/c25-18(17-5-2-10-27-17)14-6-8-23(9-7-14)19(26)22-15-3-1-4-16(11-15)24-12-20-21-13-24/h1-5,10-14,18,25H,6-9H2,(H,22,26)/t18-/m0/s1. The number of likely N-dealkylation sites (tertiary alicyclic amines) is 1. The number of carbonyl (C=O) groups excluding carboxylic acids is 1. The van der Waals surface area contributed by atoms with Gasteiger partial charge in [0.2, 0.25) is 0 Å². The molecule has 4 rings (SSSR count). The van der Waals surface area contributed by atoms with Gasteiger partial charge < -0.3 is 15.3 Å². The monoisotopic (exact) mass is 383 g/mol. The van der Waals surface area contributed by atoms with E-state index >= 15 is 0 Å². The Morgan fingerprint density at radius 3 is 2.67 bits per heavy atom. The number of anilines is 1. The number of aromatic nitrogens is 3. The Morgan fingerprint density at radius 1 is 1.19 bits per heavy atom. The van der Waals surface area contributed by atoms with Crippen molar-refractivity contribution in [2.24, 2.45) is 5.92 Å². The van der Waals surface area contributed by atoms with Crippen molar-refractivity contribution in [3.63, 3.8) is 0 Å². The third-order valence-corrected chi connectivity index (χ3v) is 5.87. The number of piperidine rings is 1. The molecule has 0 aliphatic carbocycles. The Balaban J connectivity index is 1.34. The van der Waals surface area contributed by atoms with E-state index in [0.29, 0.717) is 13.1 Å². The van der Waals surface area contributed by atoms with E-state index in [2.05, 4.69) is 15.5 Å². The van der Waals surface area contributed by atoms with Gasteiger partial charge in [-0.05, 0) is 48.4 Å². The Bertz CT molecular complexity index is 873. The van der Waals surface area contributed by atoms with Crippen LogP contribution in [0.5, 0.6) is 0 Å². The Labute approximate surface area is 161 Å². The van der Waals surface area contributed by atoms with Crippen molar-refractivity contribution < 1.29 is 9.90 Å². The first-order valence-corrected chi connectivity index (χ1v) is 9.81. The highest BCUT2D eigenvalue weighted by Gasteiger charge is 2.28. The molecule has 1 atom stereocenters. The molecule has 140 valence electrons. The van der Waals surface area contributed by atoms with Crippen molar-refractivity contribution in [2.45, 2.75) is 18.9 Å². The largest absolute Gasteiger partial charge is 0.387 e. The second kappa shape index (κ2) is 7.89. The number of amides is 2. The molecule has 1 fully saturated rings. The summed E-state index contributed by atoms with van der Waals surface area (Å²) in [7, 11) is 0. The van der Waals surface area contributed by atoms with Crippen LogP contribution in [0.25, 0.3) is 5.69 Å². The van der Waals surface area contributed by atoms with Crippen molar-refractivity contribution >= 4 is 23.1 Å². The van der Waals surface area contributed by atoms with Gasteiger partial charge in [-0.15, -0.1) is 21.5 Å². The fourth-order valence-corrected chi connectivity index (χ4v) is 4.19. The highest BCUT2D eigenvalue weighted by molar-refractivity contribution is 7.10. The predicted octanol–water partition coefficient (Wildman–Crippen LogP) is 3.31. The van der Waals surface area contributed by atoms with Crippen LogP contribution in [0.4, 0.5) is 10.5 Å². The van der Waals surface area contributed by atoms with Crippen molar-refractivity contribution in [1.82, 2.24) is 19.7 Å². The van der Waals surface area contributed by atoms with Gasteiger partial charge in [0, 0.05) is 23.7 Å². The van der Waals surface area contributed by atoms with Crippen molar-refractivity contribution in [3.05, 3.63) is 59.3 Å². The van der Waals surface area contributed by atoms with Crippen LogP contribution in [-0.4, -0.2) is 43.9 Å². The van der Waals surface area contributed by atoms with Gasteiger partial charge in [0.15, 0.2) is 0 Å². The Hall–Kier alpha value is -2.71. The summed E-state index contributed by atoms with van der Waals surface area (Å²) in [5.41, 5.74) is 1.61. The molecule has 3 heterocycles. The average molecular weight is 383 g/mol. The summed E-state index contributed by atoms with van der Waals surface area (Å²) in [5, 5.41) is 23.0. The minimum atomic E-state index is -0.435. The van der Waals surface area contributed by atoms with Crippen LogP contribution in [-0.2, 0) is 0 Å². The van der Waals surface area contributed by atoms with Crippen molar-refractivity contribution in [3.8, 4) is 5.69 Å². The van der Waals surface area contributed by atoms with Gasteiger partial charge in [-0.2, -0.15) is 0 Å². The van der Waals surface area contributed by atoms with E-state index in [9.17, 15) is 9.90 Å². The van der Waals surface area contributed by atoms with E-state index in [1.54, 1.807) is 28.6 Å². The summed E-state index contributed by atoms with van der Waals surface area (Å²) in [6.07, 6.45) is 4.39. The second-order valence-corrected chi connectivity index (χ2v) is 7.61. The van der Waals surface area contributed by atoms with Crippen molar-refractivity contribution in [1.29, 1.82) is 0 Å². The molecule has 0 spiro atoms. The van der Waals surface area contributed by atoms with Crippen LogP contribution < -0.4 is 5.32 Å². The number of hydrogen-bond donors (Lipinski definition) is 2. The molecule has 1 aliphatic rings. The van der Waals surface area contributed by atoms with Gasteiger partial charge >= 0.3 is 6.03 Å². The lowest BCUT2D eigenvalue weighted by Gasteiger charge is -2.34. The van der Waals surface area contributed by atoms with Crippen LogP contribution in [0.15, 0.2) is 54.4 Å². The molecule has 0 bridgehead atoms. The summed E-state index contributed by atoms with van der Waals surface area (Å²) in [6.45, 7) is 1.29. The molecular formula is C19H21N5O2S. The summed E-state index contributed by atoms with van der Waals surface area (Å²) in [5.74, 6) is 0.199. The van der Waals surface area contributed by atoms with Gasteiger partial charge in [0.1, 0.15) is 12.7 Å². The molecular weight excluding hydrogens is 362 g/mol. The lowest BCUT2D eigenvalue weighted by Crippen LogP contribution is -2.42. The molecule has 1 saturated heterocycles. The first kappa shape index (κ1) is 17.7. The van der Waals surface area contributed by atoms with Crippen LogP contribution in [0.1, 0.15) is 23.8 Å². The van der Waals surface area contributed by atoms with Gasteiger partial charge in [0.25, 0.3) is 0 Å². The smallest absolute Gasteiger partial charge is 0.321 e. The predicted molar refractivity (Wildman–Crippen MR) is 104 cm³/mol. The number of benzene rings is 1. The SMILES string of the molecule is O=C(Nc1cccc(-n2cnnc2)c1)N1CCC([C@H](O)c2cccs2)CC1.